The second kappa shape index (κ2) is 5.10. The zero-order chi connectivity index (χ0) is 13.3. The summed E-state index contributed by atoms with van der Waals surface area (Å²) in [6.45, 7) is 4.47. The molecule has 0 unspecified atom stereocenters. The van der Waals surface area contributed by atoms with Crippen molar-refractivity contribution in [1.29, 1.82) is 0 Å². The Bertz CT molecular complexity index is 424. The van der Waals surface area contributed by atoms with Gasteiger partial charge in [-0.2, -0.15) is 0 Å². The number of rotatable bonds is 2. The Morgan fingerprint density at radius 2 is 1.89 bits per heavy atom. The minimum Gasteiger partial charge on any atom is -0.507 e. The molecular formula is C15H22ClNO. The van der Waals surface area contributed by atoms with Gasteiger partial charge in [-0.15, -0.1) is 0 Å². The molecule has 0 aromatic heterocycles. The van der Waals surface area contributed by atoms with Gasteiger partial charge in [-0.1, -0.05) is 30.9 Å². The van der Waals surface area contributed by atoms with Crippen LogP contribution in [0.4, 0.5) is 0 Å². The van der Waals surface area contributed by atoms with Crippen LogP contribution in [0.1, 0.15) is 48.8 Å². The van der Waals surface area contributed by atoms with Crippen molar-refractivity contribution >= 4 is 11.6 Å². The molecular weight excluding hydrogens is 246 g/mol. The maximum absolute atomic E-state index is 10.4. The minimum atomic E-state index is -0.0813. The molecule has 1 aromatic rings. The van der Waals surface area contributed by atoms with Gasteiger partial charge in [0.1, 0.15) is 5.75 Å². The zero-order valence-electron chi connectivity index (χ0n) is 11.2. The predicted molar refractivity (Wildman–Crippen MR) is 76.4 cm³/mol. The van der Waals surface area contributed by atoms with Crippen LogP contribution < -0.4 is 5.73 Å². The highest BCUT2D eigenvalue weighted by molar-refractivity contribution is 6.31. The first-order chi connectivity index (χ1) is 8.52. The maximum Gasteiger partial charge on any atom is 0.122 e. The van der Waals surface area contributed by atoms with Gasteiger partial charge in [0.05, 0.1) is 0 Å². The molecule has 0 radical (unpaired) electrons. The Kier molecular flexibility index (Phi) is 3.88. The van der Waals surface area contributed by atoms with E-state index in [1.807, 2.05) is 19.9 Å². The van der Waals surface area contributed by atoms with E-state index in [1.165, 1.54) is 19.3 Å². The van der Waals surface area contributed by atoms with Crippen LogP contribution in [0, 0.1) is 13.8 Å². The van der Waals surface area contributed by atoms with Crippen LogP contribution in [0.25, 0.3) is 0 Å². The van der Waals surface area contributed by atoms with Gasteiger partial charge in [-0.25, -0.2) is 0 Å². The molecule has 0 aliphatic heterocycles. The largest absolute Gasteiger partial charge is 0.507 e. The molecule has 1 fully saturated rings. The van der Waals surface area contributed by atoms with Gasteiger partial charge in [0.15, 0.2) is 0 Å². The van der Waals surface area contributed by atoms with Gasteiger partial charge >= 0.3 is 0 Å². The third-order valence-electron chi connectivity index (χ3n) is 4.42. The molecule has 0 atom stereocenters. The topological polar surface area (TPSA) is 46.2 Å². The van der Waals surface area contributed by atoms with Gasteiger partial charge in [0.25, 0.3) is 0 Å². The van der Waals surface area contributed by atoms with E-state index >= 15 is 0 Å². The molecule has 0 amide bonds. The monoisotopic (exact) mass is 267 g/mol. The molecule has 1 saturated carbocycles. The third-order valence-corrected chi connectivity index (χ3v) is 4.81. The van der Waals surface area contributed by atoms with Crippen molar-refractivity contribution in [2.75, 3.05) is 6.54 Å². The third kappa shape index (κ3) is 2.12. The Labute approximate surface area is 114 Å². The van der Waals surface area contributed by atoms with E-state index in [-0.39, 0.29) is 5.41 Å². The number of nitrogens with two attached hydrogens (primary N) is 1. The molecule has 3 N–H and O–H groups in total. The summed E-state index contributed by atoms with van der Waals surface area (Å²) in [5.41, 5.74) is 8.81. The number of phenols is 1. The standard InChI is InChI=1S/C15H22ClNO/c1-10-8-12(16)11(2)13(14(10)18)15(9-17)6-4-3-5-7-15/h8,18H,3-7,9,17H2,1-2H3. The first kappa shape index (κ1) is 13.7. The van der Waals surface area contributed by atoms with E-state index in [4.69, 9.17) is 17.3 Å². The SMILES string of the molecule is Cc1cc(Cl)c(C)c(C2(CN)CCCCC2)c1O. The lowest BCUT2D eigenvalue weighted by Crippen LogP contribution is -2.38. The van der Waals surface area contributed by atoms with Gasteiger partial charge in [-0.05, 0) is 43.9 Å². The van der Waals surface area contributed by atoms with Crippen LogP contribution in [-0.2, 0) is 5.41 Å². The minimum absolute atomic E-state index is 0.0813. The molecule has 2 rings (SSSR count). The first-order valence-corrected chi connectivity index (χ1v) is 7.09. The summed E-state index contributed by atoms with van der Waals surface area (Å²) in [5.74, 6) is 0.393. The van der Waals surface area contributed by atoms with E-state index in [9.17, 15) is 5.11 Å². The lowest BCUT2D eigenvalue weighted by atomic mass is 9.67. The number of hydrogen-bond acceptors (Lipinski definition) is 2. The summed E-state index contributed by atoms with van der Waals surface area (Å²) in [5, 5.41) is 11.2. The molecule has 2 nitrogen and oxygen atoms in total. The lowest BCUT2D eigenvalue weighted by Gasteiger charge is -2.38. The molecule has 0 bridgehead atoms. The molecule has 100 valence electrons. The normalized spacial score (nSPS) is 18.9. The molecule has 18 heavy (non-hydrogen) atoms. The molecule has 0 spiro atoms. The summed E-state index contributed by atoms with van der Waals surface area (Å²) >= 11 is 6.28. The van der Waals surface area contributed by atoms with E-state index in [1.54, 1.807) is 0 Å². The van der Waals surface area contributed by atoms with Crippen molar-refractivity contribution in [3.63, 3.8) is 0 Å². The van der Waals surface area contributed by atoms with Gasteiger partial charge in [-0.3, -0.25) is 0 Å². The first-order valence-electron chi connectivity index (χ1n) is 6.71. The van der Waals surface area contributed by atoms with E-state index in [0.717, 1.165) is 34.6 Å². The quantitative estimate of drug-likeness (QED) is 0.856. The van der Waals surface area contributed by atoms with E-state index in [2.05, 4.69) is 0 Å². The van der Waals surface area contributed by atoms with Crippen molar-refractivity contribution in [3.05, 3.63) is 27.8 Å². The molecule has 1 aromatic carbocycles. The highest BCUT2D eigenvalue weighted by Gasteiger charge is 2.36. The highest BCUT2D eigenvalue weighted by atomic mass is 35.5. The van der Waals surface area contributed by atoms with Gasteiger partial charge in [0, 0.05) is 22.5 Å². The average Bonchev–Trinajstić information content (AvgIpc) is 2.38. The Balaban J connectivity index is 2.61. The second-order valence-electron chi connectivity index (χ2n) is 5.57. The number of phenolic OH excluding ortho intramolecular Hbond substituents is 1. The van der Waals surface area contributed by atoms with Crippen LogP contribution in [0.2, 0.25) is 5.02 Å². The van der Waals surface area contributed by atoms with Crippen LogP contribution in [-0.4, -0.2) is 11.7 Å². The Morgan fingerprint density at radius 1 is 1.28 bits per heavy atom. The Hall–Kier alpha value is -0.730. The van der Waals surface area contributed by atoms with Crippen molar-refractivity contribution in [2.24, 2.45) is 5.73 Å². The lowest BCUT2D eigenvalue weighted by molar-refractivity contribution is 0.289. The van der Waals surface area contributed by atoms with Crippen LogP contribution in [0.5, 0.6) is 5.75 Å². The molecule has 0 saturated heterocycles. The van der Waals surface area contributed by atoms with Crippen molar-refractivity contribution in [3.8, 4) is 5.75 Å². The number of aromatic hydroxyl groups is 1. The molecule has 1 aliphatic rings. The summed E-state index contributed by atoms with van der Waals surface area (Å²) in [4.78, 5) is 0. The van der Waals surface area contributed by atoms with Crippen LogP contribution in [0.15, 0.2) is 6.07 Å². The smallest absolute Gasteiger partial charge is 0.122 e. The molecule has 1 aliphatic carbocycles. The number of hydrogen-bond donors (Lipinski definition) is 2. The van der Waals surface area contributed by atoms with Crippen molar-refractivity contribution < 1.29 is 5.11 Å². The highest BCUT2D eigenvalue weighted by Crippen LogP contribution is 2.46. The fourth-order valence-electron chi connectivity index (χ4n) is 3.29. The van der Waals surface area contributed by atoms with Crippen molar-refractivity contribution in [1.82, 2.24) is 0 Å². The zero-order valence-corrected chi connectivity index (χ0v) is 12.0. The summed E-state index contributed by atoms with van der Waals surface area (Å²) in [7, 11) is 0. The fourth-order valence-corrected chi connectivity index (χ4v) is 3.55. The number of halogens is 1. The average molecular weight is 268 g/mol. The van der Waals surface area contributed by atoms with E-state index in [0.29, 0.717) is 12.3 Å². The summed E-state index contributed by atoms with van der Waals surface area (Å²) < 4.78 is 0. The second-order valence-corrected chi connectivity index (χ2v) is 5.98. The van der Waals surface area contributed by atoms with Crippen LogP contribution >= 0.6 is 11.6 Å². The van der Waals surface area contributed by atoms with E-state index < -0.39 is 0 Å². The maximum atomic E-state index is 10.4. The van der Waals surface area contributed by atoms with Gasteiger partial charge < -0.3 is 10.8 Å². The van der Waals surface area contributed by atoms with Crippen LogP contribution in [0.3, 0.4) is 0 Å². The van der Waals surface area contributed by atoms with Gasteiger partial charge in [0.2, 0.25) is 0 Å². The number of benzene rings is 1. The molecule has 0 heterocycles. The number of aryl methyl sites for hydroxylation is 1. The molecule has 3 heteroatoms. The predicted octanol–water partition coefficient (Wildman–Crippen LogP) is 3.82. The Morgan fingerprint density at radius 3 is 2.44 bits per heavy atom. The fraction of sp³-hybridized carbons (Fsp3) is 0.600. The van der Waals surface area contributed by atoms with Crippen molar-refractivity contribution in [2.45, 2.75) is 51.4 Å². The summed E-state index contributed by atoms with van der Waals surface area (Å²) in [6.07, 6.45) is 5.74. The summed E-state index contributed by atoms with van der Waals surface area (Å²) in [6, 6.07) is 1.84.